The minimum Gasteiger partial charge on any atom is -0.355 e. The first-order valence-corrected chi connectivity index (χ1v) is 8.97. The average Bonchev–Trinajstić information content (AvgIpc) is 2.94. The van der Waals surface area contributed by atoms with E-state index in [-0.39, 0.29) is 29.9 Å². The molecule has 24 heavy (non-hydrogen) atoms. The van der Waals surface area contributed by atoms with Crippen LogP contribution < -0.4 is 16.0 Å². The topological polar surface area (TPSA) is 78.4 Å². The first kappa shape index (κ1) is 23.1. The highest BCUT2D eigenvalue weighted by atomic mass is 127. The van der Waals surface area contributed by atoms with Gasteiger partial charge in [-0.2, -0.15) is 0 Å². The van der Waals surface area contributed by atoms with E-state index in [0.717, 1.165) is 18.1 Å². The van der Waals surface area contributed by atoms with Gasteiger partial charge < -0.3 is 16.0 Å². The molecule has 3 N–H and O–H groups in total. The van der Waals surface area contributed by atoms with Crippen LogP contribution in [-0.2, 0) is 0 Å². The first-order chi connectivity index (χ1) is 10.9. The summed E-state index contributed by atoms with van der Waals surface area (Å²) in [6, 6.07) is 0.373. The van der Waals surface area contributed by atoms with Crippen molar-refractivity contribution in [2.24, 2.45) is 10.9 Å². The lowest BCUT2D eigenvalue weighted by Crippen LogP contribution is -2.44. The normalized spacial score (nSPS) is 12.5. The Bertz CT molecular complexity index is 518. The van der Waals surface area contributed by atoms with Gasteiger partial charge in [-0.15, -0.1) is 35.3 Å². The predicted molar refractivity (Wildman–Crippen MR) is 113 cm³/mol. The largest absolute Gasteiger partial charge is 0.355 e. The second kappa shape index (κ2) is 12.5. The molecular weight excluding hydrogens is 437 g/mol. The fraction of sp³-hybridized carbons (Fsp3) is 0.688. The van der Waals surface area contributed by atoms with Crippen molar-refractivity contribution in [2.45, 2.75) is 46.6 Å². The highest BCUT2D eigenvalue weighted by molar-refractivity contribution is 14.0. The molecule has 1 amide bonds. The van der Waals surface area contributed by atoms with Gasteiger partial charge in [0.05, 0.1) is 11.2 Å². The minimum absolute atomic E-state index is 0. The molecule has 0 aliphatic rings. The number of thiazole rings is 1. The third-order valence-corrected chi connectivity index (χ3v) is 4.37. The third-order valence-electron chi connectivity index (χ3n) is 3.44. The molecule has 8 heteroatoms. The predicted octanol–water partition coefficient (Wildman–Crippen LogP) is 2.79. The Morgan fingerprint density at radius 3 is 2.46 bits per heavy atom. The Morgan fingerprint density at radius 1 is 1.25 bits per heavy atom. The molecule has 1 atom stereocenters. The van der Waals surface area contributed by atoms with Crippen molar-refractivity contribution >= 4 is 47.2 Å². The van der Waals surface area contributed by atoms with E-state index in [9.17, 15) is 4.79 Å². The number of nitrogens with zero attached hydrogens (tertiary/aromatic N) is 2. The molecule has 138 valence electrons. The Hall–Kier alpha value is -0.900. The SMILES string of the molecule is CN=C(NCCNC(=O)c1scnc1C)NC(C)CCC(C)C.I. The molecule has 0 aliphatic heterocycles. The summed E-state index contributed by atoms with van der Waals surface area (Å²) in [7, 11) is 1.75. The van der Waals surface area contributed by atoms with E-state index in [4.69, 9.17) is 0 Å². The summed E-state index contributed by atoms with van der Waals surface area (Å²) in [6.45, 7) is 9.62. The molecule has 0 spiro atoms. The van der Waals surface area contributed by atoms with Crippen LogP contribution in [0.25, 0.3) is 0 Å². The fourth-order valence-electron chi connectivity index (χ4n) is 2.04. The molecular formula is C16H30IN5OS. The molecule has 0 radical (unpaired) electrons. The van der Waals surface area contributed by atoms with Crippen LogP contribution in [0.2, 0.25) is 0 Å². The summed E-state index contributed by atoms with van der Waals surface area (Å²) in [5, 5.41) is 9.47. The summed E-state index contributed by atoms with van der Waals surface area (Å²) in [4.78, 5) is 20.9. The third kappa shape index (κ3) is 8.81. The standard InChI is InChI=1S/C16H29N5OS.HI/c1-11(2)6-7-12(3)21-16(17-5)19-9-8-18-15(22)14-13(4)20-10-23-14;/h10-12H,6-9H2,1-5H3,(H,18,22)(H2,17,19,21);1H. The second-order valence-electron chi connectivity index (χ2n) is 6.04. The van der Waals surface area contributed by atoms with Gasteiger partial charge in [0, 0.05) is 26.2 Å². The maximum atomic E-state index is 12.0. The maximum absolute atomic E-state index is 12.0. The van der Waals surface area contributed by atoms with Gasteiger partial charge in [0.1, 0.15) is 4.88 Å². The molecule has 6 nitrogen and oxygen atoms in total. The molecule has 1 rings (SSSR count). The Labute approximate surface area is 166 Å². The summed E-state index contributed by atoms with van der Waals surface area (Å²) in [6.07, 6.45) is 2.30. The van der Waals surface area contributed by atoms with Gasteiger partial charge in [-0.1, -0.05) is 13.8 Å². The number of aromatic nitrogens is 1. The maximum Gasteiger partial charge on any atom is 0.263 e. The zero-order chi connectivity index (χ0) is 17.2. The molecule has 1 aromatic heterocycles. The summed E-state index contributed by atoms with van der Waals surface area (Å²) in [5.41, 5.74) is 2.46. The van der Waals surface area contributed by atoms with Crippen LogP contribution in [0.3, 0.4) is 0 Å². The van der Waals surface area contributed by atoms with Gasteiger partial charge in [0.25, 0.3) is 5.91 Å². The van der Waals surface area contributed by atoms with Gasteiger partial charge in [0.15, 0.2) is 5.96 Å². The monoisotopic (exact) mass is 467 g/mol. The van der Waals surface area contributed by atoms with Crippen LogP contribution in [0.15, 0.2) is 10.5 Å². The highest BCUT2D eigenvalue weighted by Gasteiger charge is 2.11. The van der Waals surface area contributed by atoms with Gasteiger partial charge in [-0.3, -0.25) is 9.79 Å². The number of nitrogens with one attached hydrogen (secondary N) is 3. The summed E-state index contributed by atoms with van der Waals surface area (Å²) in [5.74, 6) is 1.41. The van der Waals surface area contributed by atoms with Crippen LogP contribution >= 0.6 is 35.3 Å². The summed E-state index contributed by atoms with van der Waals surface area (Å²) >= 11 is 1.36. The fourth-order valence-corrected chi connectivity index (χ4v) is 2.76. The van der Waals surface area contributed by atoms with Crippen LogP contribution in [0.4, 0.5) is 0 Å². The van der Waals surface area contributed by atoms with E-state index >= 15 is 0 Å². The van der Waals surface area contributed by atoms with Crippen molar-refractivity contribution < 1.29 is 4.79 Å². The van der Waals surface area contributed by atoms with Crippen molar-refractivity contribution in [3.8, 4) is 0 Å². The van der Waals surface area contributed by atoms with E-state index in [1.54, 1.807) is 12.6 Å². The molecule has 0 saturated heterocycles. The van der Waals surface area contributed by atoms with E-state index in [1.165, 1.54) is 17.8 Å². The van der Waals surface area contributed by atoms with Crippen molar-refractivity contribution in [1.82, 2.24) is 20.9 Å². The van der Waals surface area contributed by atoms with Gasteiger partial charge >= 0.3 is 0 Å². The highest BCUT2D eigenvalue weighted by Crippen LogP contribution is 2.11. The lowest BCUT2D eigenvalue weighted by Gasteiger charge is -2.18. The number of aliphatic imine (C=N–C) groups is 1. The van der Waals surface area contributed by atoms with Crippen molar-refractivity contribution in [1.29, 1.82) is 0 Å². The molecule has 0 bridgehead atoms. The molecule has 1 heterocycles. The van der Waals surface area contributed by atoms with E-state index < -0.39 is 0 Å². The lowest BCUT2D eigenvalue weighted by molar-refractivity contribution is 0.0957. The number of halogens is 1. The lowest BCUT2D eigenvalue weighted by atomic mass is 10.0. The number of hydrogen-bond acceptors (Lipinski definition) is 4. The number of aryl methyl sites for hydroxylation is 1. The second-order valence-corrected chi connectivity index (χ2v) is 6.89. The molecule has 0 fully saturated rings. The molecule has 1 unspecified atom stereocenters. The number of amides is 1. The van der Waals surface area contributed by atoms with Crippen LogP contribution in [0.1, 0.15) is 49.0 Å². The van der Waals surface area contributed by atoms with Crippen molar-refractivity contribution in [3.63, 3.8) is 0 Å². The Kier molecular flexibility index (Phi) is 12.0. The smallest absolute Gasteiger partial charge is 0.263 e. The van der Waals surface area contributed by atoms with Crippen LogP contribution in [0.5, 0.6) is 0 Å². The van der Waals surface area contributed by atoms with Gasteiger partial charge in [-0.05, 0) is 32.6 Å². The number of carbonyl (C=O) groups excluding carboxylic acids is 1. The number of guanidine groups is 1. The number of hydrogen-bond donors (Lipinski definition) is 3. The Morgan fingerprint density at radius 2 is 1.92 bits per heavy atom. The van der Waals surface area contributed by atoms with Crippen molar-refractivity contribution in [2.75, 3.05) is 20.1 Å². The van der Waals surface area contributed by atoms with Crippen LogP contribution in [-0.4, -0.2) is 43.0 Å². The average molecular weight is 467 g/mol. The number of carbonyl (C=O) groups is 1. The summed E-state index contributed by atoms with van der Waals surface area (Å²) < 4.78 is 0. The van der Waals surface area contributed by atoms with E-state index in [2.05, 4.69) is 46.7 Å². The number of rotatable bonds is 8. The quantitative estimate of drug-likeness (QED) is 0.238. The molecule has 1 aromatic rings. The van der Waals surface area contributed by atoms with Crippen molar-refractivity contribution in [3.05, 3.63) is 16.1 Å². The van der Waals surface area contributed by atoms with Crippen LogP contribution in [0, 0.1) is 12.8 Å². The molecule has 0 saturated carbocycles. The molecule has 0 aliphatic carbocycles. The van der Waals surface area contributed by atoms with Gasteiger partial charge in [0.2, 0.25) is 0 Å². The minimum atomic E-state index is -0.0694. The zero-order valence-corrected chi connectivity index (χ0v) is 18.3. The zero-order valence-electron chi connectivity index (χ0n) is 15.2. The molecule has 0 aromatic carbocycles. The van der Waals surface area contributed by atoms with E-state index in [0.29, 0.717) is 29.9 Å². The first-order valence-electron chi connectivity index (χ1n) is 8.09. The Balaban J connectivity index is 0.00000529. The van der Waals surface area contributed by atoms with Gasteiger partial charge in [-0.25, -0.2) is 4.98 Å². The van der Waals surface area contributed by atoms with E-state index in [1.807, 2.05) is 6.92 Å².